The van der Waals surface area contributed by atoms with Gasteiger partial charge < -0.3 is 10.4 Å². The fourth-order valence-corrected chi connectivity index (χ4v) is 6.24. The molecule has 0 spiro atoms. The Kier molecular flexibility index (Phi) is 3.31. The van der Waals surface area contributed by atoms with E-state index in [-0.39, 0.29) is 5.41 Å². The number of piperidine rings is 1. The topological polar surface area (TPSA) is 32.3 Å². The Morgan fingerprint density at radius 2 is 1.84 bits per heavy atom. The number of hydrogen-bond acceptors (Lipinski definition) is 2. The molecule has 2 aromatic rings. The van der Waals surface area contributed by atoms with E-state index in [1.807, 2.05) is 18.2 Å². The normalized spacial score (nSPS) is 33.4. The molecule has 5 rings (SSSR count). The van der Waals surface area contributed by atoms with Crippen LogP contribution in [-0.4, -0.2) is 17.7 Å². The standard InChI is InChI=1S/C23H27NO/c1-22-9-5-6-10-23(22)11-12-24-21(22)14-17-13-18(20(25)15-19(17)23)16-7-3-2-4-8-16/h2-4,7-8,13,15,21,24-25H,5-6,9-12,14H2,1H3. The zero-order valence-electron chi connectivity index (χ0n) is 15.0. The largest absolute Gasteiger partial charge is 0.507 e. The van der Waals surface area contributed by atoms with Gasteiger partial charge in [-0.2, -0.15) is 0 Å². The second-order valence-electron chi connectivity index (χ2n) is 8.56. The van der Waals surface area contributed by atoms with Crippen molar-refractivity contribution >= 4 is 0 Å². The lowest BCUT2D eigenvalue weighted by Crippen LogP contribution is -2.65. The van der Waals surface area contributed by atoms with Crippen molar-refractivity contribution in [2.75, 3.05) is 6.54 Å². The maximum Gasteiger partial charge on any atom is 0.123 e. The summed E-state index contributed by atoms with van der Waals surface area (Å²) in [5.41, 5.74) is 5.57. The molecular formula is C23H27NO. The molecule has 2 aromatic carbocycles. The van der Waals surface area contributed by atoms with Crippen LogP contribution >= 0.6 is 0 Å². The molecule has 2 fully saturated rings. The quantitative estimate of drug-likeness (QED) is 0.786. The minimum Gasteiger partial charge on any atom is -0.507 e. The first kappa shape index (κ1) is 15.5. The van der Waals surface area contributed by atoms with Gasteiger partial charge in [-0.1, -0.05) is 50.1 Å². The average molecular weight is 333 g/mol. The van der Waals surface area contributed by atoms with Gasteiger partial charge in [-0.05, 0) is 66.5 Å². The molecule has 2 N–H and O–H groups in total. The van der Waals surface area contributed by atoms with E-state index < -0.39 is 0 Å². The van der Waals surface area contributed by atoms with Crippen molar-refractivity contribution in [3.05, 3.63) is 53.6 Å². The highest BCUT2D eigenvalue weighted by Crippen LogP contribution is 2.61. The number of hydrogen-bond donors (Lipinski definition) is 2. The van der Waals surface area contributed by atoms with E-state index in [2.05, 4.69) is 36.5 Å². The molecule has 0 amide bonds. The molecule has 3 unspecified atom stereocenters. The van der Waals surface area contributed by atoms with Crippen molar-refractivity contribution < 1.29 is 5.11 Å². The first-order valence-electron chi connectivity index (χ1n) is 9.79. The minimum absolute atomic E-state index is 0.251. The lowest BCUT2D eigenvalue weighted by atomic mass is 9.45. The van der Waals surface area contributed by atoms with Crippen molar-refractivity contribution in [2.24, 2.45) is 5.41 Å². The SMILES string of the molecule is CC12CCCCC13CCNC2Cc1cc(-c2ccccc2)c(O)cc13. The molecule has 0 radical (unpaired) electrons. The minimum atomic E-state index is 0.251. The summed E-state index contributed by atoms with van der Waals surface area (Å²) in [6.07, 6.45) is 7.55. The Balaban J connectivity index is 1.71. The van der Waals surface area contributed by atoms with Gasteiger partial charge >= 0.3 is 0 Å². The summed E-state index contributed by atoms with van der Waals surface area (Å²) in [6.45, 7) is 3.62. The van der Waals surface area contributed by atoms with Crippen LogP contribution in [0.1, 0.15) is 50.2 Å². The molecule has 3 atom stereocenters. The molecule has 130 valence electrons. The molecule has 1 saturated heterocycles. The highest BCUT2D eigenvalue weighted by Gasteiger charge is 2.59. The smallest absolute Gasteiger partial charge is 0.123 e. The van der Waals surface area contributed by atoms with Gasteiger partial charge in [0.25, 0.3) is 0 Å². The zero-order valence-corrected chi connectivity index (χ0v) is 15.0. The first-order chi connectivity index (χ1) is 12.1. The summed E-state index contributed by atoms with van der Waals surface area (Å²) in [4.78, 5) is 0. The fraction of sp³-hybridized carbons (Fsp3) is 0.478. The van der Waals surface area contributed by atoms with Gasteiger partial charge in [-0.15, -0.1) is 0 Å². The zero-order chi connectivity index (χ0) is 17.1. The molecule has 25 heavy (non-hydrogen) atoms. The van der Waals surface area contributed by atoms with Crippen LogP contribution in [-0.2, 0) is 11.8 Å². The Hall–Kier alpha value is -1.80. The predicted octanol–water partition coefficient (Wildman–Crippen LogP) is 4.80. The summed E-state index contributed by atoms with van der Waals surface area (Å²) in [6, 6.07) is 15.3. The van der Waals surface area contributed by atoms with Gasteiger partial charge in [0.05, 0.1) is 0 Å². The van der Waals surface area contributed by atoms with Gasteiger partial charge in [0, 0.05) is 17.0 Å². The third-order valence-corrected chi connectivity index (χ3v) is 7.60. The molecule has 1 heterocycles. The summed E-state index contributed by atoms with van der Waals surface area (Å²) in [5.74, 6) is 0.448. The molecule has 2 nitrogen and oxygen atoms in total. The fourth-order valence-electron chi connectivity index (χ4n) is 6.24. The second-order valence-corrected chi connectivity index (χ2v) is 8.56. The summed E-state index contributed by atoms with van der Waals surface area (Å²) < 4.78 is 0. The van der Waals surface area contributed by atoms with Crippen molar-refractivity contribution in [1.82, 2.24) is 5.32 Å². The van der Waals surface area contributed by atoms with Gasteiger partial charge in [0.1, 0.15) is 5.75 Å². The van der Waals surface area contributed by atoms with Gasteiger partial charge in [-0.3, -0.25) is 0 Å². The Labute approximate surface area is 150 Å². The van der Waals surface area contributed by atoms with Crippen LogP contribution in [0.4, 0.5) is 0 Å². The predicted molar refractivity (Wildman–Crippen MR) is 102 cm³/mol. The highest BCUT2D eigenvalue weighted by molar-refractivity contribution is 5.72. The lowest BCUT2D eigenvalue weighted by molar-refractivity contribution is -0.0141. The van der Waals surface area contributed by atoms with E-state index in [0.717, 1.165) is 24.1 Å². The molecule has 2 bridgehead atoms. The first-order valence-corrected chi connectivity index (χ1v) is 9.79. The summed E-state index contributed by atoms with van der Waals surface area (Å²) in [7, 11) is 0. The van der Waals surface area contributed by atoms with Crippen LogP contribution in [0.2, 0.25) is 0 Å². The Morgan fingerprint density at radius 1 is 1.04 bits per heavy atom. The number of nitrogens with one attached hydrogen (secondary N) is 1. The second kappa shape index (κ2) is 5.35. The molecule has 1 saturated carbocycles. The number of phenols is 1. The van der Waals surface area contributed by atoms with Crippen LogP contribution in [0, 0.1) is 5.41 Å². The van der Waals surface area contributed by atoms with E-state index in [1.165, 1.54) is 43.2 Å². The maximum absolute atomic E-state index is 10.9. The van der Waals surface area contributed by atoms with Crippen molar-refractivity contribution in [2.45, 2.75) is 56.9 Å². The molecular weight excluding hydrogens is 306 g/mol. The summed E-state index contributed by atoms with van der Waals surface area (Å²) >= 11 is 0. The van der Waals surface area contributed by atoms with Crippen LogP contribution in [0.25, 0.3) is 11.1 Å². The summed E-state index contributed by atoms with van der Waals surface area (Å²) in [5, 5.41) is 14.7. The van der Waals surface area contributed by atoms with Gasteiger partial charge in [-0.25, -0.2) is 0 Å². The number of phenolic OH excluding ortho intramolecular Hbond substituents is 1. The van der Waals surface area contributed by atoms with E-state index in [9.17, 15) is 5.11 Å². The molecule has 2 aliphatic carbocycles. The number of aromatic hydroxyl groups is 1. The van der Waals surface area contributed by atoms with Gasteiger partial charge in [0.15, 0.2) is 0 Å². The van der Waals surface area contributed by atoms with E-state index in [4.69, 9.17) is 0 Å². The van der Waals surface area contributed by atoms with Crippen LogP contribution in [0.3, 0.4) is 0 Å². The van der Waals surface area contributed by atoms with E-state index >= 15 is 0 Å². The Morgan fingerprint density at radius 3 is 2.68 bits per heavy atom. The van der Waals surface area contributed by atoms with Crippen molar-refractivity contribution in [1.29, 1.82) is 0 Å². The molecule has 3 aliphatic rings. The average Bonchev–Trinajstić information content (AvgIpc) is 2.62. The highest BCUT2D eigenvalue weighted by atomic mass is 16.3. The third-order valence-electron chi connectivity index (χ3n) is 7.60. The molecule has 0 aromatic heterocycles. The van der Waals surface area contributed by atoms with E-state index in [0.29, 0.717) is 17.2 Å². The van der Waals surface area contributed by atoms with Crippen LogP contribution < -0.4 is 5.32 Å². The van der Waals surface area contributed by atoms with Crippen LogP contribution in [0.5, 0.6) is 5.75 Å². The maximum atomic E-state index is 10.9. The molecule has 2 heteroatoms. The lowest BCUT2D eigenvalue weighted by Gasteiger charge is -2.63. The molecule has 1 aliphatic heterocycles. The van der Waals surface area contributed by atoms with Crippen molar-refractivity contribution in [3.63, 3.8) is 0 Å². The number of rotatable bonds is 1. The van der Waals surface area contributed by atoms with Crippen LogP contribution in [0.15, 0.2) is 42.5 Å². The monoisotopic (exact) mass is 333 g/mol. The Bertz CT molecular complexity index is 810. The van der Waals surface area contributed by atoms with E-state index in [1.54, 1.807) is 0 Å². The third kappa shape index (κ3) is 2.01. The van der Waals surface area contributed by atoms with Gasteiger partial charge in [0.2, 0.25) is 0 Å². The number of fused-ring (bicyclic) bond motifs is 1. The van der Waals surface area contributed by atoms with Crippen molar-refractivity contribution in [3.8, 4) is 16.9 Å². The number of benzene rings is 2.